The highest BCUT2D eigenvalue weighted by Gasteiger charge is 2.32. The van der Waals surface area contributed by atoms with Crippen LogP contribution in [0.1, 0.15) is 24.3 Å². The third-order valence-electron chi connectivity index (χ3n) is 3.39. The molecule has 0 spiro atoms. The Bertz CT molecular complexity index is 820. The second-order valence-electron chi connectivity index (χ2n) is 5.57. The zero-order chi connectivity index (χ0) is 17.5. The van der Waals surface area contributed by atoms with E-state index in [1.807, 2.05) is 13.8 Å². The second-order valence-corrected chi connectivity index (χ2v) is 5.57. The summed E-state index contributed by atoms with van der Waals surface area (Å²) in [6, 6.07) is 5.24. The number of carbonyl (C=O) groups excluding carboxylic acids is 1. The molecule has 2 N–H and O–H groups in total. The number of nitrogens with two attached hydrogens (primary N) is 1. The maximum Gasteiger partial charge on any atom is 0.360 e. The lowest BCUT2D eigenvalue weighted by molar-refractivity contribution is -0.0431. The number of benzene rings is 1. The van der Waals surface area contributed by atoms with Crippen molar-refractivity contribution < 1.29 is 23.7 Å². The maximum atomic E-state index is 11.9. The molecule has 0 bridgehead atoms. The number of anilines is 1. The van der Waals surface area contributed by atoms with Gasteiger partial charge < -0.3 is 24.7 Å². The van der Waals surface area contributed by atoms with E-state index in [1.165, 1.54) is 14.2 Å². The number of ether oxygens (including phenoxy) is 4. The van der Waals surface area contributed by atoms with Gasteiger partial charge >= 0.3 is 5.97 Å². The topological polar surface area (TPSA) is 106 Å². The van der Waals surface area contributed by atoms with Crippen LogP contribution in [0.3, 0.4) is 0 Å². The molecule has 1 aliphatic rings. The number of methoxy groups -OCH3 is 2. The van der Waals surface area contributed by atoms with Crippen LogP contribution >= 0.6 is 0 Å². The Morgan fingerprint density at radius 3 is 2.54 bits per heavy atom. The van der Waals surface area contributed by atoms with Gasteiger partial charge in [-0.3, -0.25) is 0 Å². The molecule has 0 atom stereocenters. The molecule has 2 heterocycles. The minimum Gasteiger partial charge on any atom is -0.491 e. The predicted molar refractivity (Wildman–Crippen MR) is 85.1 cm³/mol. The van der Waals surface area contributed by atoms with E-state index in [0.29, 0.717) is 17.1 Å². The molecule has 1 aliphatic heterocycles. The normalized spacial score (nSPS) is 14.3. The summed E-state index contributed by atoms with van der Waals surface area (Å²) in [6.45, 7) is 3.62. The lowest BCUT2D eigenvalue weighted by atomic mass is 10.2. The first-order valence-corrected chi connectivity index (χ1v) is 7.17. The van der Waals surface area contributed by atoms with Gasteiger partial charge in [0.05, 0.1) is 14.2 Å². The Kier molecular flexibility index (Phi) is 3.67. The van der Waals surface area contributed by atoms with E-state index < -0.39 is 11.8 Å². The van der Waals surface area contributed by atoms with Gasteiger partial charge in [-0.15, -0.1) is 0 Å². The molecule has 0 saturated heterocycles. The summed E-state index contributed by atoms with van der Waals surface area (Å²) in [7, 11) is 2.63. The maximum absolute atomic E-state index is 11.9. The van der Waals surface area contributed by atoms with Crippen molar-refractivity contribution in [1.29, 1.82) is 0 Å². The highest BCUT2D eigenvalue weighted by molar-refractivity contribution is 5.92. The van der Waals surface area contributed by atoms with Gasteiger partial charge in [-0.25, -0.2) is 14.8 Å². The lowest BCUT2D eigenvalue weighted by Crippen LogP contribution is -2.29. The van der Waals surface area contributed by atoms with Crippen molar-refractivity contribution >= 4 is 11.8 Å². The Balaban J connectivity index is 2.08. The number of hydrogen-bond acceptors (Lipinski definition) is 8. The predicted octanol–water partition coefficient (Wildman–Crippen LogP) is 2.03. The minimum atomic E-state index is -0.738. The van der Waals surface area contributed by atoms with Crippen LogP contribution in [0.15, 0.2) is 18.2 Å². The van der Waals surface area contributed by atoms with Crippen LogP contribution in [-0.4, -0.2) is 35.9 Å². The molecule has 0 saturated carbocycles. The summed E-state index contributed by atoms with van der Waals surface area (Å²) in [5.41, 5.74) is 6.46. The van der Waals surface area contributed by atoms with Gasteiger partial charge in [-0.1, -0.05) is 0 Å². The summed E-state index contributed by atoms with van der Waals surface area (Å²) < 4.78 is 21.2. The molecule has 1 aromatic carbocycles. The average Bonchev–Trinajstić information content (AvgIpc) is 2.85. The van der Waals surface area contributed by atoms with Gasteiger partial charge in [-0.05, 0) is 18.2 Å². The fourth-order valence-corrected chi connectivity index (χ4v) is 2.39. The summed E-state index contributed by atoms with van der Waals surface area (Å²) in [6.07, 6.45) is 0. The first-order chi connectivity index (χ1) is 11.3. The molecular weight excluding hydrogens is 314 g/mol. The van der Waals surface area contributed by atoms with Crippen LogP contribution in [0.4, 0.5) is 5.82 Å². The first kappa shape index (κ1) is 15.9. The van der Waals surface area contributed by atoms with E-state index in [4.69, 9.17) is 24.7 Å². The molecular formula is C16H17N3O5. The fraction of sp³-hybridized carbons (Fsp3) is 0.312. The van der Waals surface area contributed by atoms with Gasteiger partial charge in [0.1, 0.15) is 0 Å². The van der Waals surface area contributed by atoms with Crippen molar-refractivity contribution in [3.63, 3.8) is 0 Å². The summed E-state index contributed by atoms with van der Waals surface area (Å²) in [5, 5.41) is 0. The van der Waals surface area contributed by atoms with Crippen molar-refractivity contribution in [3.8, 4) is 28.6 Å². The quantitative estimate of drug-likeness (QED) is 0.852. The minimum absolute atomic E-state index is 0.0412. The zero-order valence-corrected chi connectivity index (χ0v) is 13.7. The van der Waals surface area contributed by atoms with Crippen molar-refractivity contribution in [2.75, 3.05) is 20.0 Å². The molecule has 0 amide bonds. The number of nitrogens with zero attached hydrogens (tertiary/aromatic N) is 2. The number of fused-ring (bicyclic) bond motifs is 1. The first-order valence-electron chi connectivity index (χ1n) is 7.17. The van der Waals surface area contributed by atoms with Crippen LogP contribution in [0.5, 0.6) is 17.2 Å². The Morgan fingerprint density at radius 1 is 1.17 bits per heavy atom. The molecule has 8 heteroatoms. The summed E-state index contributed by atoms with van der Waals surface area (Å²) in [5.74, 6) is 0.161. The van der Waals surface area contributed by atoms with Gasteiger partial charge in [-0.2, -0.15) is 0 Å². The number of esters is 1. The monoisotopic (exact) mass is 331 g/mol. The molecule has 0 radical (unpaired) electrons. The van der Waals surface area contributed by atoms with Crippen LogP contribution in [0.2, 0.25) is 0 Å². The Morgan fingerprint density at radius 2 is 1.88 bits per heavy atom. The van der Waals surface area contributed by atoms with E-state index in [1.54, 1.807) is 18.2 Å². The lowest BCUT2D eigenvalue weighted by Gasteiger charge is -2.16. The molecule has 0 unspecified atom stereocenters. The molecule has 3 rings (SSSR count). The number of carbonyl (C=O) groups is 1. The van der Waals surface area contributed by atoms with E-state index in [-0.39, 0.29) is 23.1 Å². The molecule has 1 aromatic heterocycles. The van der Waals surface area contributed by atoms with Crippen molar-refractivity contribution in [1.82, 2.24) is 9.97 Å². The van der Waals surface area contributed by atoms with Crippen LogP contribution in [0, 0.1) is 0 Å². The summed E-state index contributed by atoms with van der Waals surface area (Å²) >= 11 is 0. The molecule has 2 aromatic rings. The Labute approximate surface area is 138 Å². The number of hydrogen-bond donors (Lipinski definition) is 1. The van der Waals surface area contributed by atoms with Crippen molar-refractivity contribution in [2.45, 2.75) is 19.6 Å². The Hall–Kier alpha value is -3.03. The molecule has 8 nitrogen and oxygen atoms in total. The highest BCUT2D eigenvalue weighted by Crippen LogP contribution is 2.41. The van der Waals surface area contributed by atoms with E-state index >= 15 is 0 Å². The standard InChI is InChI=1S/C16H17N3O5/c1-16(2)23-9-6-5-8(7-10(9)24-16)14-18-11(15(20)22-4)12(21-3)13(17)19-14/h5-7H,1-4H3,(H2,17,18,19). The SMILES string of the molecule is COC(=O)c1nc(-c2ccc3c(c2)OC(C)(C)O3)nc(N)c1OC. The van der Waals surface area contributed by atoms with Crippen LogP contribution < -0.4 is 19.9 Å². The third kappa shape index (κ3) is 2.66. The van der Waals surface area contributed by atoms with E-state index in [2.05, 4.69) is 9.97 Å². The second kappa shape index (κ2) is 5.55. The van der Waals surface area contributed by atoms with Gasteiger partial charge in [0.15, 0.2) is 34.6 Å². The average molecular weight is 331 g/mol. The van der Waals surface area contributed by atoms with Gasteiger partial charge in [0, 0.05) is 19.4 Å². The number of rotatable bonds is 3. The molecule has 24 heavy (non-hydrogen) atoms. The fourth-order valence-electron chi connectivity index (χ4n) is 2.39. The third-order valence-corrected chi connectivity index (χ3v) is 3.39. The largest absolute Gasteiger partial charge is 0.491 e. The van der Waals surface area contributed by atoms with E-state index in [0.717, 1.165) is 0 Å². The number of aromatic nitrogens is 2. The van der Waals surface area contributed by atoms with E-state index in [9.17, 15) is 4.79 Å². The molecule has 0 aliphatic carbocycles. The van der Waals surface area contributed by atoms with Crippen molar-refractivity contribution in [3.05, 3.63) is 23.9 Å². The summed E-state index contributed by atoms with van der Waals surface area (Å²) in [4.78, 5) is 20.3. The smallest absolute Gasteiger partial charge is 0.360 e. The highest BCUT2D eigenvalue weighted by atomic mass is 16.7. The van der Waals surface area contributed by atoms with Crippen LogP contribution in [-0.2, 0) is 4.74 Å². The van der Waals surface area contributed by atoms with Crippen LogP contribution in [0.25, 0.3) is 11.4 Å². The number of nitrogen functional groups attached to an aromatic ring is 1. The van der Waals surface area contributed by atoms with Gasteiger partial charge in [0.2, 0.25) is 5.79 Å². The van der Waals surface area contributed by atoms with Gasteiger partial charge in [0.25, 0.3) is 0 Å². The molecule has 0 fully saturated rings. The molecule has 126 valence electrons. The van der Waals surface area contributed by atoms with Crippen molar-refractivity contribution in [2.24, 2.45) is 0 Å². The zero-order valence-electron chi connectivity index (χ0n) is 13.7.